The number of ketones is 1. The molecule has 27 heavy (non-hydrogen) atoms. The lowest BCUT2D eigenvalue weighted by molar-refractivity contribution is -0.139. The Hall–Kier alpha value is -1.88. The first-order valence-electron chi connectivity index (χ1n) is 9.40. The minimum absolute atomic E-state index is 0.0953. The van der Waals surface area contributed by atoms with Crippen molar-refractivity contribution in [3.05, 3.63) is 56.8 Å². The van der Waals surface area contributed by atoms with E-state index < -0.39 is 5.92 Å². The summed E-state index contributed by atoms with van der Waals surface area (Å²) in [5, 5.41) is 3.35. The van der Waals surface area contributed by atoms with E-state index in [9.17, 15) is 9.59 Å². The first-order chi connectivity index (χ1) is 12.7. The zero-order valence-electron chi connectivity index (χ0n) is 16.3. The van der Waals surface area contributed by atoms with E-state index in [0.717, 1.165) is 34.3 Å². The van der Waals surface area contributed by atoms with Crippen LogP contribution in [0.1, 0.15) is 58.4 Å². The molecule has 0 amide bonds. The van der Waals surface area contributed by atoms with E-state index in [1.54, 1.807) is 0 Å². The second-order valence-electron chi connectivity index (χ2n) is 8.09. The molecule has 0 aromatic heterocycles. The number of halogens is 1. The van der Waals surface area contributed by atoms with E-state index in [1.165, 1.54) is 0 Å². The average molecular weight is 432 g/mol. The number of carbonyl (C=O) groups is 2. The third kappa shape index (κ3) is 3.88. The smallest absolute Gasteiger partial charge is 0.336 e. The van der Waals surface area contributed by atoms with Gasteiger partial charge in [0.15, 0.2) is 5.78 Å². The summed E-state index contributed by atoms with van der Waals surface area (Å²) in [4.78, 5) is 26.0. The largest absolute Gasteiger partial charge is 0.462 e. The van der Waals surface area contributed by atoms with Crippen LogP contribution in [0, 0.1) is 5.41 Å². The zero-order chi connectivity index (χ0) is 19.8. The Kier molecular flexibility index (Phi) is 5.61. The van der Waals surface area contributed by atoms with Crippen molar-refractivity contribution < 1.29 is 14.3 Å². The van der Waals surface area contributed by atoms with Gasteiger partial charge in [-0.15, -0.1) is 0 Å². The number of esters is 1. The Bertz CT molecular complexity index is 851. The monoisotopic (exact) mass is 431 g/mol. The lowest BCUT2D eigenvalue weighted by Crippen LogP contribution is -2.38. The fraction of sp³-hybridized carbons (Fsp3) is 0.455. The van der Waals surface area contributed by atoms with Crippen molar-refractivity contribution >= 4 is 27.7 Å². The molecule has 1 aliphatic heterocycles. The van der Waals surface area contributed by atoms with Gasteiger partial charge in [-0.1, -0.05) is 54.9 Å². The van der Waals surface area contributed by atoms with Crippen molar-refractivity contribution in [2.45, 2.75) is 52.9 Å². The van der Waals surface area contributed by atoms with Crippen LogP contribution in [0.5, 0.6) is 0 Å². The number of carbonyl (C=O) groups excluding carboxylic acids is 2. The van der Waals surface area contributed by atoms with Gasteiger partial charge >= 0.3 is 5.97 Å². The topological polar surface area (TPSA) is 55.4 Å². The van der Waals surface area contributed by atoms with E-state index in [1.807, 2.05) is 38.1 Å². The number of rotatable bonds is 4. The number of ether oxygens (including phenoxy) is 1. The molecule has 0 spiro atoms. The number of allylic oxidation sites excluding steroid dienone is 3. The molecule has 1 heterocycles. The molecule has 4 nitrogen and oxygen atoms in total. The van der Waals surface area contributed by atoms with Crippen LogP contribution in [0.3, 0.4) is 0 Å². The molecule has 0 radical (unpaired) electrons. The van der Waals surface area contributed by atoms with Crippen LogP contribution >= 0.6 is 15.9 Å². The van der Waals surface area contributed by atoms with Crippen molar-refractivity contribution in [3.8, 4) is 0 Å². The summed E-state index contributed by atoms with van der Waals surface area (Å²) in [5.41, 5.74) is 3.75. The van der Waals surface area contributed by atoms with Gasteiger partial charge in [0.05, 0.1) is 12.2 Å². The Morgan fingerprint density at radius 1 is 1.30 bits per heavy atom. The number of benzene rings is 1. The second kappa shape index (κ2) is 7.63. The van der Waals surface area contributed by atoms with Gasteiger partial charge in [0.1, 0.15) is 0 Å². The third-order valence-electron chi connectivity index (χ3n) is 5.11. The molecule has 0 unspecified atom stereocenters. The minimum Gasteiger partial charge on any atom is -0.462 e. The Morgan fingerprint density at radius 2 is 2.00 bits per heavy atom. The lowest BCUT2D eigenvalue weighted by atomic mass is 9.68. The highest BCUT2D eigenvalue weighted by molar-refractivity contribution is 9.10. The van der Waals surface area contributed by atoms with E-state index >= 15 is 0 Å². The van der Waals surface area contributed by atoms with Gasteiger partial charge in [-0.2, -0.15) is 0 Å². The Labute approximate surface area is 169 Å². The Morgan fingerprint density at radius 3 is 2.67 bits per heavy atom. The molecule has 1 aromatic rings. The van der Waals surface area contributed by atoms with Crippen molar-refractivity contribution in [1.29, 1.82) is 0 Å². The molecule has 5 heteroatoms. The quantitative estimate of drug-likeness (QED) is 0.680. The number of hydrogen-bond donors (Lipinski definition) is 1. The lowest BCUT2D eigenvalue weighted by Gasteiger charge is -2.39. The highest BCUT2D eigenvalue weighted by Crippen LogP contribution is 2.48. The van der Waals surface area contributed by atoms with Crippen molar-refractivity contribution in [2.75, 3.05) is 6.61 Å². The van der Waals surface area contributed by atoms with Gasteiger partial charge in [0.2, 0.25) is 0 Å². The van der Waals surface area contributed by atoms with Crippen molar-refractivity contribution in [2.24, 2.45) is 5.41 Å². The molecule has 1 aliphatic carbocycles. The minimum atomic E-state index is -0.412. The highest BCUT2D eigenvalue weighted by atomic mass is 79.9. The van der Waals surface area contributed by atoms with Crippen LogP contribution in [0.15, 0.2) is 51.3 Å². The van der Waals surface area contributed by atoms with E-state index in [4.69, 9.17) is 4.74 Å². The van der Waals surface area contributed by atoms with Crippen LogP contribution < -0.4 is 5.32 Å². The molecular formula is C22H26BrNO3. The molecule has 0 bridgehead atoms. The molecule has 0 fully saturated rings. The van der Waals surface area contributed by atoms with Crippen molar-refractivity contribution in [3.63, 3.8) is 0 Å². The van der Waals surface area contributed by atoms with Gasteiger partial charge < -0.3 is 10.1 Å². The fourth-order valence-electron chi connectivity index (χ4n) is 4.00. The predicted molar refractivity (Wildman–Crippen MR) is 109 cm³/mol. The van der Waals surface area contributed by atoms with Crippen LogP contribution in [0.4, 0.5) is 0 Å². The summed E-state index contributed by atoms with van der Waals surface area (Å²) in [7, 11) is 0. The van der Waals surface area contributed by atoms with Gasteiger partial charge in [0.25, 0.3) is 0 Å². The first-order valence-corrected chi connectivity index (χ1v) is 10.2. The number of nitrogens with one attached hydrogen (secondary N) is 1. The van der Waals surface area contributed by atoms with Gasteiger partial charge in [-0.25, -0.2) is 4.79 Å². The maximum absolute atomic E-state index is 13.1. The maximum Gasteiger partial charge on any atom is 0.336 e. The summed E-state index contributed by atoms with van der Waals surface area (Å²) in [6.45, 7) is 8.43. The zero-order valence-corrected chi connectivity index (χ0v) is 17.9. The van der Waals surface area contributed by atoms with Crippen LogP contribution in [-0.4, -0.2) is 18.4 Å². The predicted octanol–water partition coefficient (Wildman–Crippen LogP) is 5.01. The number of Topliss-reactive ketones (excluding diaryl/α,β-unsaturated/α-hetero) is 1. The first kappa shape index (κ1) is 19.9. The highest BCUT2D eigenvalue weighted by Gasteiger charge is 2.43. The second-order valence-corrected chi connectivity index (χ2v) is 8.94. The Balaban J connectivity index is 2.16. The third-order valence-corrected chi connectivity index (χ3v) is 5.84. The fourth-order valence-corrected chi connectivity index (χ4v) is 4.51. The van der Waals surface area contributed by atoms with Gasteiger partial charge in [-0.05, 0) is 36.8 Å². The summed E-state index contributed by atoms with van der Waals surface area (Å²) >= 11 is 3.61. The molecule has 0 saturated heterocycles. The molecular weight excluding hydrogens is 406 g/mol. The van der Waals surface area contributed by atoms with E-state index in [0.29, 0.717) is 24.2 Å². The number of dihydropyridines is 1. The molecule has 1 atom stereocenters. The molecule has 0 saturated carbocycles. The normalized spacial score (nSPS) is 21.7. The maximum atomic E-state index is 13.1. The summed E-state index contributed by atoms with van der Waals surface area (Å²) in [6.07, 6.45) is 2.01. The molecule has 3 rings (SSSR count). The van der Waals surface area contributed by atoms with Crippen LogP contribution in [0.25, 0.3) is 0 Å². The van der Waals surface area contributed by atoms with Crippen molar-refractivity contribution in [1.82, 2.24) is 5.32 Å². The summed E-state index contributed by atoms with van der Waals surface area (Å²) < 4.78 is 6.35. The van der Waals surface area contributed by atoms with Crippen LogP contribution in [0.2, 0.25) is 0 Å². The molecule has 2 aliphatic rings. The molecule has 1 aromatic carbocycles. The SMILES string of the molecule is CCCOC(=O)C1=C(C)NC2=C(C(=O)CC(C)(C)C2)[C@H]1c1ccccc1Br. The molecule has 144 valence electrons. The van der Waals surface area contributed by atoms with Gasteiger partial charge in [0, 0.05) is 33.8 Å². The van der Waals surface area contributed by atoms with E-state index in [2.05, 4.69) is 35.1 Å². The summed E-state index contributed by atoms with van der Waals surface area (Å²) in [5.74, 6) is -0.667. The van der Waals surface area contributed by atoms with E-state index in [-0.39, 0.29) is 17.2 Å². The summed E-state index contributed by atoms with van der Waals surface area (Å²) in [6, 6.07) is 7.78. The molecule has 1 N–H and O–H groups in total. The van der Waals surface area contributed by atoms with Crippen LogP contribution in [-0.2, 0) is 14.3 Å². The standard InChI is InChI=1S/C22H26BrNO3/c1-5-10-27-21(26)18-13(2)24-16-11-22(3,4)12-17(25)20(16)19(18)14-8-6-7-9-15(14)23/h6-9,19,24H,5,10-12H2,1-4H3/t19-/m0/s1. The number of hydrogen-bond acceptors (Lipinski definition) is 4. The van der Waals surface area contributed by atoms with Gasteiger partial charge in [-0.3, -0.25) is 4.79 Å². The average Bonchev–Trinajstić information content (AvgIpc) is 2.57.